The van der Waals surface area contributed by atoms with E-state index in [4.69, 9.17) is 21.4 Å². The summed E-state index contributed by atoms with van der Waals surface area (Å²) in [5.74, 6) is 1.21. The molecule has 1 atom stereocenters. The highest BCUT2D eigenvalue weighted by Crippen LogP contribution is 2.37. The fraction of sp³-hybridized carbons (Fsp3) is 0.593. The second-order valence-corrected chi connectivity index (χ2v) is 11.2. The molecule has 2 saturated carbocycles. The van der Waals surface area contributed by atoms with Gasteiger partial charge >= 0.3 is 0 Å². The molecule has 3 aromatic heterocycles. The number of hydrogen-bond donors (Lipinski definition) is 2. The molecule has 2 aliphatic carbocycles. The molecule has 1 amide bonds. The van der Waals surface area contributed by atoms with E-state index in [0.29, 0.717) is 29.6 Å². The summed E-state index contributed by atoms with van der Waals surface area (Å²) in [5, 5.41) is 17.8. The number of halogens is 1. The molecule has 2 aliphatic rings. The fourth-order valence-corrected chi connectivity index (χ4v) is 5.35. The number of nitrogens with one attached hydrogen (secondary N) is 2. The number of aryl methyl sites for hydroxylation is 1. The minimum atomic E-state index is -0.427. The van der Waals surface area contributed by atoms with Gasteiger partial charge in [-0.15, -0.1) is 0 Å². The Kier molecular flexibility index (Phi) is 8.49. The Hall–Kier alpha value is -3.02. The van der Waals surface area contributed by atoms with Crippen molar-refractivity contribution < 1.29 is 9.63 Å². The van der Waals surface area contributed by atoms with Crippen LogP contribution in [0.15, 0.2) is 24.8 Å². The van der Waals surface area contributed by atoms with Gasteiger partial charge in [0.2, 0.25) is 5.95 Å². The highest BCUT2D eigenvalue weighted by molar-refractivity contribution is 6.32. The van der Waals surface area contributed by atoms with Crippen molar-refractivity contribution in [1.29, 1.82) is 0 Å². The first-order valence-corrected chi connectivity index (χ1v) is 14.1. The number of hydroxylamine groups is 2. The Bertz CT molecular complexity index is 1280. The average Bonchev–Trinajstić information content (AvgIpc) is 3.52. The molecule has 2 N–H and O–H groups in total. The quantitative estimate of drug-likeness (QED) is 0.344. The number of carbonyl (C=O) groups excluding carboxylic acids is 1. The van der Waals surface area contributed by atoms with Crippen LogP contribution in [0.5, 0.6) is 0 Å². The zero-order valence-electron chi connectivity index (χ0n) is 23.1. The van der Waals surface area contributed by atoms with Gasteiger partial charge in [-0.2, -0.15) is 10.2 Å². The maximum atomic E-state index is 12.3. The maximum Gasteiger partial charge on any atom is 0.270 e. The average molecular weight is 556 g/mol. The molecule has 11 nitrogen and oxygen atoms in total. The number of likely N-dealkylation sites (N-methyl/N-ethyl adjacent to an activating group) is 1. The number of amides is 1. The van der Waals surface area contributed by atoms with E-state index in [1.54, 1.807) is 17.9 Å². The summed E-state index contributed by atoms with van der Waals surface area (Å²) >= 11 is 6.54. The second-order valence-electron chi connectivity index (χ2n) is 10.8. The van der Waals surface area contributed by atoms with E-state index in [0.717, 1.165) is 54.8 Å². The molecule has 1 unspecified atom stereocenters. The lowest BCUT2D eigenvalue weighted by atomic mass is 9.91. The highest BCUT2D eigenvalue weighted by atomic mass is 35.5. The van der Waals surface area contributed by atoms with E-state index in [-0.39, 0.29) is 5.91 Å². The van der Waals surface area contributed by atoms with Gasteiger partial charge in [-0.05, 0) is 57.8 Å². The van der Waals surface area contributed by atoms with Crippen LogP contribution in [0.25, 0.3) is 11.3 Å². The van der Waals surface area contributed by atoms with Crippen molar-refractivity contribution in [2.75, 3.05) is 19.5 Å². The van der Waals surface area contributed by atoms with E-state index in [1.807, 2.05) is 37.2 Å². The fourth-order valence-electron chi connectivity index (χ4n) is 5.16. The molecule has 3 heterocycles. The zero-order chi connectivity index (χ0) is 27.5. The normalized spacial score (nSPS) is 20.1. The Morgan fingerprint density at radius 2 is 1.90 bits per heavy atom. The lowest BCUT2D eigenvalue weighted by molar-refractivity contribution is -0.172. The van der Waals surface area contributed by atoms with Crippen LogP contribution in [0.4, 0.5) is 5.95 Å². The first-order chi connectivity index (χ1) is 18.8. The predicted octanol–water partition coefficient (Wildman–Crippen LogP) is 3.77. The third kappa shape index (κ3) is 6.59. The number of aromatic nitrogens is 6. The van der Waals surface area contributed by atoms with Gasteiger partial charge in [0.05, 0.1) is 36.4 Å². The smallest absolute Gasteiger partial charge is 0.270 e. The molecule has 3 aromatic rings. The van der Waals surface area contributed by atoms with Crippen LogP contribution in [-0.4, -0.2) is 66.7 Å². The number of rotatable bonds is 11. The summed E-state index contributed by atoms with van der Waals surface area (Å²) in [7, 11) is 5.05. The Morgan fingerprint density at radius 1 is 1.15 bits per heavy atom. The number of anilines is 1. The summed E-state index contributed by atoms with van der Waals surface area (Å²) in [6.07, 6.45) is 15.0. The van der Waals surface area contributed by atoms with Gasteiger partial charge in [-0.3, -0.25) is 19.0 Å². The minimum Gasteiger partial charge on any atom is -0.351 e. The SMILES string of the molecule is CON(C)C(=O)C(C)n1cc(CNC2CCC(Nc3ncc(Cl)c(-c4cnn(C)c4CC4CC4)n3)CC2)cn1. The zero-order valence-corrected chi connectivity index (χ0v) is 23.9. The van der Waals surface area contributed by atoms with Crippen molar-refractivity contribution in [2.24, 2.45) is 13.0 Å². The van der Waals surface area contributed by atoms with Gasteiger partial charge in [0, 0.05) is 55.7 Å². The minimum absolute atomic E-state index is 0.151. The molecule has 0 aromatic carbocycles. The van der Waals surface area contributed by atoms with Crippen molar-refractivity contribution in [3.8, 4) is 11.3 Å². The topological polar surface area (TPSA) is 115 Å². The summed E-state index contributed by atoms with van der Waals surface area (Å²) in [4.78, 5) is 26.6. The lowest BCUT2D eigenvalue weighted by Gasteiger charge is -2.29. The molecule has 2 fully saturated rings. The van der Waals surface area contributed by atoms with E-state index in [9.17, 15) is 4.79 Å². The van der Waals surface area contributed by atoms with Crippen LogP contribution in [0.3, 0.4) is 0 Å². The highest BCUT2D eigenvalue weighted by Gasteiger charge is 2.27. The van der Waals surface area contributed by atoms with Crippen molar-refractivity contribution in [2.45, 2.75) is 76.5 Å². The lowest BCUT2D eigenvalue weighted by Crippen LogP contribution is -2.36. The summed E-state index contributed by atoms with van der Waals surface area (Å²) in [5.41, 5.74) is 3.98. The molecular weight excluding hydrogens is 518 g/mol. The van der Waals surface area contributed by atoms with Crippen LogP contribution in [-0.2, 0) is 29.6 Å². The molecule has 5 rings (SSSR count). The molecule has 0 radical (unpaired) electrons. The third-order valence-corrected chi connectivity index (χ3v) is 8.17. The van der Waals surface area contributed by atoms with Gasteiger partial charge in [0.25, 0.3) is 5.91 Å². The molecule has 0 saturated heterocycles. The standard InChI is InChI=1S/C27H38ClN9O2/c1-17(26(38)36(3)39-4)37-16-19(13-32-37)12-29-20-7-9-21(10-8-20)33-27-30-15-23(28)25(34-27)22-14-31-35(2)24(22)11-18-5-6-18/h13-18,20-21,29H,5-12H2,1-4H3,(H,30,33,34). The molecule has 0 aliphatic heterocycles. The first-order valence-electron chi connectivity index (χ1n) is 13.7. The van der Waals surface area contributed by atoms with Crippen LogP contribution in [0, 0.1) is 5.92 Å². The van der Waals surface area contributed by atoms with Gasteiger partial charge in [-0.25, -0.2) is 15.0 Å². The largest absolute Gasteiger partial charge is 0.351 e. The van der Waals surface area contributed by atoms with Gasteiger partial charge in [-0.1, -0.05) is 11.6 Å². The summed E-state index contributed by atoms with van der Waals surface area (Å²) in [6.45, 7) is 2.52. The molecular formula is C27H38ClN9O2. The van der Waals surface area contributed by atoms with Crippen LogP contribution < -0.4 is 10.6 Å². The number of nitrogens with zero attached hydrogens (tertiary/aromatic N) is 7. The van der Waals surface area contributed by atoms with Crippen molar-refractivity contribution in [3.63, 3.8) is 0 Å². The third-order valence-electron chi connectivity index (χ3n) is 7.89. The van der Waals surface area contributed by atoms with Crippen LogP contribution in [0.1, 0.15) is 62.7 Å². The van der Waals surface area contributed by atoms with Crippen LogP contribution in [0.2, 0.25) is 5.02 Å². The predicted molar refractivity (Wildman–Crippen MR) is 149 cm³/mol. The number of carbonyl (C=O) groups is 1. The summed E-state index contributed by atoms with van der Waals surface area (Å²) in [6, 6.07) is 0.306. The van der Waals surface area contributed by atoms with Gasteiger partial charge in [0.1, 0.15) is 6.04 Å². The first kappa shape index (κ1) is 27.5. The van der Waals surface area contributed by atoms with Crippen molar-refractivity contribution >= 4 is 23.5 Å². The van der Waals surface area contributed by atoms with E-state index in [2.05, 4.69) is 25.8 Å². The van der Waals surface area contributed by atoms with E-state index in [1.165, 1.54) is 30.7 Å². The molecule has 0 spiro atoms. The molecule has 12 heteroatoms. The maximum absolute atomic E-state index is 12.3. The van der Waals surface area contributed by atoms with Gasteiger partial charge < -0.3 is 10.6 Å². The molecule has 39 heavy (non-hydrogen) atoms. The van der Waals surface area contributed by atoms with Crippen molar-refractivity contribution in [1.82, 2.24) is 39.9 Å². The van der Waals surface area contributed by atoms with Gasteiger partial charge in [0.15, 0.2) is 0 Å². The van der Waals surface area contributed by atoms with E-state index < -0.39 is 6.04 Å². The van der Waals surface area contributed by atoms with Crippen LogP contribution >= 0.6 is 11.6 Å². The number of hydrogen-bond acceptors (Lipinski definition) is 8. The molecule has 0 bridgehead atoms. The van der Waals surface area contributed by atoms with Crippen molar-refractivity contribution in [3.05, 3.63) is 41.1 Å². The Labute approximate surface area is 234 Å². The Balaban J connectivity index is 1.12. The van der Waals surface area contributed by atoms with E-state index >= 15 is 0 Å². The Morgan fingerprint density at radius 3 is 2.62 bits per heavy atom. The second kappa shape index (κ2) is 12.0. The monoisotopic (exact) mass is 555 g/mol. The molecule has 210 valence electrons. The summed E-state index contributed by atoms with van der Waals surface area (Å²) < 4.78 is 3.62.